The molecule has 2 aliphatic rings. The van der Waals surface area contributed by atoms with Crippen LogP contribution in [0.2, 0.25) is 0 Å². The number of carbonyl (C=O) groups excluding carboxylic acids is 2. The highest BCUT2D eigenvalue weighted by Crippen LogP contribution is 2.25. The molecule has 2 saturated heterocycles. The van der Waals surface area contributed by atoms with Gasteiger partial charge in [-0.3, -0.25) is 9.59 Å². The van der Waals surface area contributed by atoms with Crippen LogP contribution in [-0.4, -0.2) is 54.4 Å². The normalized spacial score (nSPS) is 17.1. The highest BCUT2D eigenvalue weighted by molar-refractivity contribution is 5.97. The van der Waals surface area contributed by atoms with Crippen LogP contribution in [0.4, 0.5) is 0 Å². The Balaban J connectivity index is 1.32. The molecule has 0 aliphatic carbocycles. The van der Waals surface area contributed by atoms with E-state index in [2.05, 4.69) is 0 Å². The van der Waals surface area contributed by atoms with Gasteiger partial charge in [-0.2, -0.15) is 0 Å². The van der Waals surface area contributed by atoms with Crippen LogP contribution in [0.15, 0.2) is 42.5 Å². The molecule has 2 aromatic carbocycles. The first kappa shape index (κ1) is 21.4. The number of benzene rings is 2. The Hall–Kier alpha value is -2.82. The first-order valence-electron chi connectivity index (χ1n) is 11.4. The summed E-state index contributed by atoms with van der Waals surface area (Å²) in [5.74, 6) is 1.26. The zero-order chi connectivity index (χ0) is 21.8. The second-order valence-corrected chi connectivity index (χ2v) is 8.86. The fourth-order valence-electron chi connectivity index (χ4n) is 4.51. The fourth-order valence-corrected chi connectivity index (χ4v) is 4.51. The Morgan fingerprint density at radius 1 is 0.871 bits per heavy atom. The number of nitrogens with zero attached hydrogens (tertiary/aromatic N) is 2. The Labute approximate surface area is 185 Å². The molecule has 31 heavy (non-hydrogen) atoms. The lowest BCUT2D eigenvalue weighted by molar-refractivity contribution is 0.0656. The Morgan fingerprint density at radius 3 is 2.26 bits per heavy atom. The quantitative estimate of drug-likeness (QED) is 0.717. The average molecular weight is 421 g/mol. The van der Waals surface area contributed by atoms with Crippen molar-refractivity contribution in [3.63, 3.8) is 0 Å². The molecule has 2 aliphatic heterocycles. The van der Waals surface area contributed by atoms with E-state index in [0.717, 1.165) is 68.6 Å². The van der Waals surface area contributed by atoms with Gasteiger partial charge in [0, 0.05) is 31.7 Å². The second kappa shape index (κ2) is 9.54. The summed E-state index contributed by atoms with van der Waals surface area (Å²) >= 11 is 0. The molecule has 0 unspecified atom stereocenters. The molecule has 2 aromatic rings. The maximum atomic E-state index is 13.0. The number of likely N-dealkylation sites (tertiary alicyclic amines) is 2. The van der Waals surface area contributed by atoms with Gasteiger partial charge in [-0.05, 0) is 69.2 Å². The summed E-state index contributed by atoms with van der Waals surface area (Å²) < 4.78 is 6.12. The molecule has 2 amide bonds. The van der Waals surface area contributed by atoms with Crippen molar-refractivity contribution in [2.75, 3.05) is 32.8 Å². The van der Waals surface area contributed by atoms with E-state index in [4.69, 9.17) is 4.74 Å². The van der Waals surface area contributed by atoms with E-state index in [1.54, 1.807) is 0 Å². The molecule has 5 heteroatoms. The number of hydrogen-bond acceptors (Lipinski definition) is 3. The van der Waals surface area contributed by atoms with E-state index in [-0.39, 0.29) is 11.8 Å². The molecular formula is C26H32N2O3. The number of amides is 2. The van der Waals surface area contributed by atoms with Gasteiger partial charge in [0.25, 0.3) is 11.8 Å². The highest BCUT2D eigenvalue weighted by atomic mass is 16.5. The van der Waals surface area contributed by atoms with Crippen LogP contribution in [0.5, 0.6) is 5.75 Å². The van der Waals surface area contributed by atoms with Crippen LogP contribution in [0.1, 0.15) is 57.5 Å². The first-order valence-corrected chi connectivity index (χ1v) is 11.4. The van der Waals surface area contributed by atoms with Crippen molar-refractivity contribution in [1.29, 1.82) is 0 Å². The molecule has 0 aromatic heterocycles. The number of rotatable bonds is 5. The molecule has 0 atom stereocenters. The standard InChI is InChI=1S/C26H32N2O3/c1-19-9-10-20(2)23(17-19)26(30)28-15-11-21(12-16-28)18-31-24-8-4-3-7-22(24)25(29)27-13-5-6-14-27/h3-4,7-10,17,21H,5-6,11-16,18H2,1-2H3. The fraction of sp³-hybridized carbons (Fsp3) is 0.462. The minimum absolute atomic E-state index is 0.0713. The molecule has 0 radical (unpaired) electrons. The van der Waals surface area contributed by atoms with Crippen molar-refractivity contribution in [3.05, 3.63) is 64.7 Å². The summed E-state index contributed by atoms with van der Waals surface area (Å²) in [5.41, 5.74) is 3.61. The van der Waals surface area contributed by atoms with E-state index in [0.29, 0.717) is 23.8 Å². The van der Waals surface area contributed by atoms with Crippen LogP contribution in [0, 0.1) is 19.8 Å². The van der Waals surface area contributed by atoms with Gasteiger partial charge in [0.05, 0.1) is 12.2 Å². The van der Waals surface area contributed by atoms with E-state index in [9.17, 15) is 9.59 Å². The molecule has 164 valence electrons. The molecule has 4 rings (SSSR count). The summed E-state index contributed by atoms with van der Waals surface area (Å²) in [7, 11) is 0. The van der Waals surface area contributed by atoms with Crippen molar-refractivity contribution in [2.24, 2.45) is 5.92 Å². The molecule has 0 N–H and O–H groups in total. The lowest BCUT2D eigenvalue weighted by Gasteiger charge is -2.32. The number of ether oxygens (including phenoxy) is 1. The van der Waals surface area contributed by atoms with E-state index in [1.165, 1.54) is 0 Å². The first-order chi connectivity index (χ1) is 15.0. The van der Waals surface area contributed by atoms with Crippen LogP contribution in [0.25, 0.3) is 0 Å². The van der Waals surface area contributed by atoms with Crippen molar-refractivity contribution >= 4 is 11.8 Å². The molecule has 5 nitrogen and oxygen atoms in total. The number of piperidine rings is 1. The molecule has 0 bridgehead atoms. The van der Waals surface area contributed by atoms with Crippen LogP contribution in [0.3, 0.4) is 0 Å². The van der Waals surface area contributed by atoms with Crippen molar-refractivity contribution in [2.45, 2.75) is 39.5 Å². The van der Waals surface area contributed by atoms with Gasteiger partial charge in [-0.25, -0.2) is 0 Å². The molecule has 2 fully saturated rings. The molecule has 0 spiro atoms. The van der Waals surface area contributed by atoms with Crippen LogP contribution >= 0.6 is 0 Å². The molecular weight excluding hydrogens is 388 g/mol. The third-order valence-corrected chi connectivity index (χ3v) is 6.51. The summed E-state index contributed by atoms with van der Waals surface area (Å²) in [6.07, 6.45) is 3.99. The average Bonchev–Trinajstić information content (AvgIpc) is 3.34. The summed E-state index contributed by atoms with van der Waals surface area (Å²) in [6, 6.07) is 13.6. The van der Waals surface area contributed by atoms with Gasteiger partial charge in [0.15, 0.2) is 0 Å². The minimum atomic E-state index is 0.0713. The molecule has 0 saturated carbocycles. The lowest BCUT2D eigenvalue weighted by Crippen LogP contribution is -2.40. The largest absolute Gasteiger partial charge is 0.492 e. The lowest BCUT2D eigenvalue weighted by atomic mass is 9.96. The van der Waals surface area contributed by atoms with Gasteiger partial charge in [0.1, 0.15) is 5.75 Å². The topological polar surface area (TPSA) is 49.9 Å². The molecule has 2 heterocycles. The highest BCUT2D eigenvalue weighted by Gasteiger charge is 2.26. The zero-order valence-electron chi connectivity index (χ0n) is 18.6. The van der Waals surface area contributed by atoms with Gasteiger partial charge in [-0.15, -0.1) is 0 Å². The number of carbonyl (C=O) groups is 2. The Bertz CT molecular complexity index is 941. The van der Waals surface area contributed by atoms with Crippen LogP contribution in [-0.2, 0) is 0 Å². The summed E-state index contributed by atoms with van der Waals surface area (Å²) in [5, 5.41) is 0. The van der Waals surface area contributed by atoms with Gasteiger partial charge < -0.3 is 14.5 Å². The van der Waals surface area contributed by atoms with Gasteiger partial charge >= 0.3 is 0 Å². The van der Waals surface area contributed by atoms with Gasteiger partial charge in [0.2, 0.25) is 0 Å². The number of hydrogen-bond donors (Lipinski definition) is 0. The summed E-state index contributed by atoms with van der Waals surface area (Å²) in [4.78, 5) is 29.7. The monoisotopic (exact) mass is 420 g/mol. The maximum Gasteiger partial charge on any atom is 0.257 e. The van der Waals surface area contributed by atoms with Crippen molar-refractivity contribution < 1.29 is 14.3 Å². The van der Waals surface area contributed by atoms with Gasteiger partial charge in [-0.1, -0.05) is 29.8 Å². The third-order valence-electron chi connectivity index (χ3n) is 6.51. The number of para-hydroxylation sites is 1. The minimum Gasteiger partial charge on any atom is -0.492 e. The maximum absolute atomic E-state index is 13.0. The number of aryl methyl sites for hydroxylation is 2. The van der Waals surface area contributed by atoms with E-state index in [1.807, 2.05) is 66.1 Å². The smallest absolute Gasteiger partial charge is 0.257 e. The predicted octanol–water partition coefficient (Wildman–Crippen LogP) is 4.47. The zero-order valence-corrected chi connectivity index (χ0v) is 18.6. The van der Waals surface area contributed by atoms with Crippen LogP contribution < -0.4 is 4.74 Å². The SMILES string of the molecule is Cc1ccc(C)c(C(=O)N2CCC(COc3ccccc3C(=O)N3CCCC3)CC2)c1. The predicted molar refractivity (Wildman–Crippen MR) is 122 cm³/mol. The second-order valence-electron chi connectivity index (χ2n) is 8.86. The van der Waals surface area contributed by atoms with E-state index < -0.39 is 0 Å². The van der Waals surface area contributed by atoms with E-state index >= 15 is 0 Å². The Morgan fingerprint density at radius 2 is 1.52 bits per heavy atom. The van der Waals surface area contributed by atoms with Crippen molar-refractivity contribution in [3.8, 4) is 5.75 Å². The van der Waals surface area contributed by atoms with Crippen molar-refractivity contribution in [1.82, 2.24) is 9.80 Å². The third kappa shape index (κ3) is 4.92. The summed E-state index contributed by atoms with van der Waals surface area (Å²) in [6.45, 7) is 7.75. The Kier molecular flexibility index (Phi) is 6.59.